The van der Waals surface area contributed by atoms with E-state index in [1.54, 1.807) is 12.5 Å². The average Bonchev–Trinajstić information content (AvgIpc) is 2.83. The van der Waals surface area contributed by atoms with Gasteiger partial charge in [-0.05, 0) is 12.8 Å². The van der Waals surface area contributed by atoms with Gasteiger partial charge >= 0.3 is 0 Å². The normalized spacial score (nSPS) is 24.3. The summed E-state index contributed by atoms with van der Waals surface area (Å²) in [7, 11) is 1.88. The van der Waals surface area contributed by atoms with E-state index in [-0.39, 0.29) is 11.9 Å². The van der Waals surface area contributed by atoms with Crippen LogP contribution in [0.3, 0.4) is 0 Å². The van der Waals surface area contributed by atoms with E-state index in [0.717, 1.165) is 25.9 Å². The molecule has 1 aliphatic heterocycles. The van der Waals surface area contributed by atoms with Crippen molar-refractivity contribution < 1.29 is 4.79 Å². The van der Waals surface area contributed by atoms with Crippen LogP contribution in [-0.4, -0.2) is 45.5 Å². The summed E-state index contributed by atoms with van der Waals surface area (Å²) in [6, 6.07) is 0.683. The molecule has 0 saturated carbocycles. The highest BCUT2D eigenvalue weighted by atomic mass is 16.2. The predicted molar refractivity (Wildman–Crippen MR) is 70.4 cm³/mol. The van der Waals surface area contributed by atoms with Gasteiger partial charge in [0.1, 0.15) is 5.69 Å². The Morgan fingerprint density at radius 3 is 2.83 bits per heavy atom. The lowest BCUT2D eigenvalue weighted by Crippen LogP contribution is -2.57. The maximum atomic E-state index is 12.5. The van der Waals surface area contributed by atoms with Crippen LogP contribution >= 0.6 is 0 Å². The summed E-state index contributed by atoms with van der Waals surface area (Å²) in [4.78, 5) is 18.6. The molecule has 18 heavy (non-hydrogen) atoms. The van der Waals surface area contributed by atoms with Crippen LogP contribution in [0, 0.1) is 0 Å². The summed E-state index contributed by atoms with van der Waals surface area (Å²) in [5.41, 5.74) is 0.549. The van der Waals surface area contributed by atoms with Crippen LogP contribution in [-0.2, 0) is 7.05 Å². The van der Waals surface area contributed by atoms with Crippen LogP contribution in [0.15, 0.2) is 12.5 Å². The Balaban J connectivity index is 2.14. The molecule has 2 rings (SSSR count). The lowest BCUT2D eigenvalue weighted by atomic mass is 10.0. The molecule has 1 saturated heterocycles. The third kappa shape index (κ3) is 2.56. The summed E-state index contributed by atoms with van der Waals surface area (Å²) >= 11 is 0. The van der Waals surface area contributed by atoms with Crippen LogP contribution in [0.1, 0.15) is 37.2 Å². The molecule has 5 heteroatoms. The second kappa shape index (κ2) is 5.52. The van der Waals surface area contributed by atoms with Gasteiger partial charge in [-0.1, -0.05) is 13.8 Å². The van der Waals surface area contributed by atoms with Gasteiger partial charge in [0, 0.05) is 38.4 Å². The lowest BCUT2D eigenvalue weighted by Gasteiger charge is -2.39. The van der Waals surface area contributed by atoms with Gasteiger partial charge < -0.3 is 14.8 Å². The fourth-order valence-corrected chi connectivity index (χ4v) is 2.42. The van der Waals surface area contributed by atoms with Crippen molar-refractivity contribution in [3.8, 4) is 0 Å². The van der Waals surface area contributed by atoms with E-state index < -0.39 is 0 Å². The second-order valence-corrected chi connectivity index (χ2v) is 4.96. The first-order valence-electron chi connectivity index (χ1n) is 6.68. The number of aryl methyl sites for hydroxylation is 1. The molecular weight excluding hydrogens is 228 g/mol. The molecule has 0 radical (unpaired) electrons. The van der Waals surface area contributed by atoms with E-state index >= 15 is 0 Å². The number of rotatable bonds is 3. The van der Waals surface area contributed by atoms with E-state index in [1.165, 1.54) is 0 Å². The Bertz CT molecular complexity index is 415. The van der Waals surface area contributed by atoms with E-state index in [0.29, 0.717) is 11.7 Å². The monoisotopic (exact) mass is 250 g/mol. The molecule has 0 aromatic carbocycles. The molecule has 1 aromatic rings. The van der Waals surface area contributed by atoms with Crippen molar-refractivity contribution in [3.63, 3.8) is 0 Å². The lowest BCUT2D eigenvalue weighted by molar-refractivity contribution is 0.0570. The molecule has 2 heterocycles. The average molecular weight is 250 g/mol. The van der Waals surface area contributed by atoms with Crippen molar-refractivity contribution in [2.24, 2.45) is 7.05 Å². The minimum absolute atomic E-state index is 0.0578. The molecule has 1 N–H and O–H groups in total. The molecule has 0 bridgehead atoms. The van der Waals surface area contributed by atoms with Gasteiger partial charge in [-0.25, -0.2) is 4.98 Å². The Morgan fingerprint density at radius 2 is 2.28 bits per heavy atom. The maximum Gasteiger partial charge on any atom is 0.274 e. The first-order chi connectivity index (χ1) is 8.65. The van der Waals surface area contributed by atoms with Gasteiger partial charge in [0.25, 0.3) is 5.91 Å². The van der Waals surface area contributed by atoms with Crippen LogP contribution < -0.4 is 5.32 Å². The molecule has 1 aromatic heterocycles. The molecule has 0 aliphatic carbocycles. The number of imidazole rings is 1. The van der Waals surface area contributed by atoms with Gasteiger partial charge in [0.15, 0.2) is 0 Å². The van der Waals surface area contributed by atoms with Crippen LogP contribution in [0.4, 0.5) is 0 Å². The highest BCUT2D eigenvalue weighted by molar-refractivity contribution is 5.92. The molecular formula is C13H22N4O. The maximum absolute atomic E-state index is 12.5. The van der Waals surface area contributed by atoms with Gasteiger partial charge in [-0.15, -0.1) is 0 Å². The van der Waals surface area contributed by atoms with Gasteiger partial charge in [-0.3, -0.25) is 4.79 Å². The van der Waals surface area contributed by atoms with Gasteiger partial charge in [0.2, 0.25) is 0 Å². The summed E-state index contributed by atoms with van der Waals surface area (Å²) in [6.07, 6.45) is 5.48. The molecule has 1 aliphatic rings. The topological polar surface area (TPSA) is 50.2 Å². The smallest absolute Gasteiger partial charge is 0.274 e. The highest BCUT2D eigenvalue weighted by Crippen LogP contribution is 2.15. The summed E-state index contributed by atoms with van der Waals surface area (Å²) in [5, 5.41) is 3.49. The van der Waals surface area contributed by atoms with Crippen molar-refractivity contribution in [1.82, 2.24) is 19.8 Å². The third-order valence-electron chi connectivity index (χ3n) is 3.65. The molecule has 5 nitrogen and oxygen atoms in total. The molecule has 2 atom stereocenters. The zero-order valence-electron chi connectivity index (χ0n) is 11.4. The minimum Gasteiger partial charge on any atom is -0.340 e. The Kier molecular flexibility index (Phi) is 4.01. The summed E-state index contributed by atoms with van der Waals surface area (Å²) in [6.45, 7) is 5.93. The van der Waals surface area contributed by atoms with Gasteiger partial charge in [-0.2, -0.15) is 0 Å². The Hall–Kier alpha value is -1.36. The SMILES string of the molecule is CCC1CN(C(=O)c2cn(C)cn2)C(CC)CN1. The zero-order valence-corrected chi connectivity index (χ0v) is 11.4. The first-order valence-corrected chi connectivity index (χ1v) is 6.68. The first kappa shape index (κ1) is 13.1. The highest BCUT2D eigenvalue weighted by Gasteiger charge is 2.30. The van der Waals surface area contributed by atoms with Crippen molar-refractivity contribution >= 4 is 5.91 Å². The standard InChI is InChI=1S/C13H22N4O/c1-4-10-7-17(11(5-2)6-14-10)13(18)12-8-16(3)9-15-12/h8-11,14H,4-7H2,1-3H3. The summed E-state index contributed by atoms with van der Waals surface area (Å²) in [5.74, 6) is 0.0578. The Labute approximate surface area is 108 Å². The van der Waals surface area contributed by atoms with Gasteiger partial charge in [0.05, 0.1) is 6.33 Å². The largest absolute Gasteiger partial charge is 0.340 e. The molecule has 0 spiro atoms. The number of amides is 1. The number of hydrogen-bond donors (Lipinski definition) is 1. The number of carbonyl (C=O) groups excluding carboxylic acids is 1. The number of aromatic nitrogens is 2. The van der Waals surface area contributed by atoms with Crippen LogP contribution in [0.25, 0.3) is 0 Å². The number of piperazine rings is 1. The third-order valence-corrected chi connectivity index (χ3v) is 3.65. The molecule has 1 fully saturated rings. The predicted octanol–water partition coefficient (Wildman–Crippen LogP) is 1.02. The molecule has 100 valence electrons. The van der Waals surface area contributed by atoms with E-state index in [4.69, 9.17) is 0 Å². The zero-order chi connectivity index (χ0) is 13.1. The number of hydrogen-bond acceptors (Lipinski definition) is 3. The molecule has 1 amide bonds. The van der Waals surface area contributed by atoms with E-state index in [9.17, 15) is 4.79 Å². The van der Waals surface area contributed by atoms with Crippen molar-refractivity contribution in [1.29, 1.82) is 0 Å². The summed E-state index contributed by atoms with van der Waals surface area (Å²) < 4.78 is 1.81. The minimum atomic E-state index is 0.0578. The quantitative estimate of drug-likeness (QED) is 0.871. The van der Waals surface area contributed by atoms with E-state index in [2.05, 4.69) is 24.1 Å². The number of nitrogens with one attached hydrogen (secondary N) is 1. The Morgan fingerprint density at radius 1 is 1.50 bits per heavy atom. The number of carbonyl (C=O) groups is 1. The van der Waals surface area contributed by atoms with Crippen molar-refractivity contribution in [2.75, 3.05) is 13.1 Å². The van der Waals surface area contributed by atoms with Crippen LogP contribution in [0.2, 0.25) is 0 Å². The van der Waals surface area contributed by atoms with E-state index in [1.807, 2.05) is 16.5 Å². The second-order valence-electron chi connectivity index (χ2n) is 4.96. The fraction of sp³-hybridized carbons (Fsp3) is 0.692. The van der Waals surface area contributed by atoms with Crippen molar-refractivity contribution in [2.45, 2.75) is 38.8 Å². The molecule has 2 unspecified atom stereocenters. The fourth-order valence-electron chi connectivity index (χ4n) is 2.42. The number of nitrogens with zero attached hydrogens (tertiary/aromatic N) is 3. The van der Waals surface area contributed by atoms with Crippen molar-refractivity contribution in [3.05, 3.63) is 18.2 Å². The van der Waals surface area contributed by atoms with Crippen LogP contribution in [0.5, 0.6) is 0 Å².